The van der Waals surface area contributed by atoms with Crippen LogP contribution in [0.3, 0.4) is 0 Å². The molecule has 2 aliphatic rings. The van der Waals surface area contributed by atoms with Gasteiger partial charge in [0.15, 0.2) is 5.75 Å². The molecule has 10 nitrogen and oxygen atoms in total. The lowest BCUT2D eigenvalue weighted by molar-refractivity contribution is -0.144. The van der Waals surface area contributed by atoms with E-state index < -0.39 is 26.8 Å². The molecule has 1 unspecified atom stereocenters. The van der Waals surface area contributed by atoms with E-state index in [2.05, 4.69) is 14.6 Å². The highest BCUT2D eigenvalue weighted by Gasteiger charge is 2.51. The molecule has 0 aromatic carbocycles. The number of aliphatic carboxylic acids is 1. The maximum absolute atomic E-state index is 12.6. The number of aromatic nitrogens is 1. The summed E-state index contributed by atoms with van der Waals surface area (Å²) in [4.78, 5) is 24.0. The number of carbonyl (C=O) groups is 1. The molecule has 1 saturated heterocycles. The fraction of sp³-hybridized carbons (Fsp3) is 0.714. The van der Waals surface area contributed by atoms with Crippen molar-refractivity contribution in [1.29, 1.82) is 0 Å². The third kappa shape index (κ3) is 6.16. The second-order valence-corrected chi connectivity index (χ2v) is 10.4. The molecule has 1 aliphatic heterocycles. The summed E-state index contributed by atoms with van der Waals surface area (Å²) in [5.74, 6) is -0.763. The molecule has 180 valence electrons. The third-order valence-corrected chi connectivity index (χ3v) is 8.22. The zero-order chi connectivity index (χ0) is 23.2. The Bertz CT molecular complexity index is 837. The molecule has 1 aliphatic carbocycles. The summed E-state index contributed by atoms with van der Waals surface area (Å²) in [5.41, 5.74) is -1.77. The van der Waals surface area contributed by atoms with Crippen molar-refractivity contribution in [3.8, 4) is 5.75 Å². The van der Waals surface area contributed by atoms with E-state index >= 15 is 0 Å². The van der Waals surface area contributed by atoms with Crippen LogP contribution in [0.5, 0.6) is 5.75 Å². The second-order valence-electron chi connectivity index (χ2n) is 8.59. The number of hydrogen-bond donors (Lipinski definition) is 3. The van der Waals surface area contributed by atoms with Crippen LogP contribution in [-0.2, 0) is 14.8 Å². The van der Waals surface area contributed by atoms with Gasteiger partial charge in [-0.2, -0.15) is 0 Å². The highest BCUT2D eigenvalue weighted by atomic mass is 32.2. The molecule has 3 N–H and O–H groups in total. The number of piperazine rings is 1. The molecule has 2 fully saturated rings. The minimum atomic E-state index is -4.17. The number of hydroxylamine groups is 2. The highest BCUT2D eigenvalue weighted by Crippen LogP contribution is 2.36. The summed E-state index contributed by atoms with van der Waals surface area (Å²) in [6, 6.07) is 3.79. The Morgan fingerprint density at radius 3 is 2.44 bits per heavy atom. The average Bonchev–Trinajstić information content (AvgIpc) is 2.75. The first-order valence-electron chi connectivity index (χ1n) is 11.3. The minimum Gasteiger partial charge on any atom is -0.480 e. The van der Waals surface area contributed by atoms with Gasteiger partial charge in [-0.25, -0.2) is 13.1 Å². The molecule has 1 aromatic heterocycles. The minimum absolute atomic E-state index is 0.136. The first kappa shape index (κ1) is 24.8. The fourth-order valence-corrected chi connectivity index (χ4v) is 6.24. The zero-order valence-corrected chi connectivity index (χ0v) is 19.3. The van der Waals surface area contributed by atoms with Crippen LogP contribution in [0.25, 0.3) is 0 Å². The SMILES string of the molecule is CCCCNS(=O)(=O)C(C(=O)O)C1(O)CCC(N2CCN(Oc3ccncc3)CC2)CC1. The zero-order valence-electron chi connectivity index (χ0n) is 18.5. The largest absolute Gasteiger partial charge is 0.480 e. The van der Waals surface area contributed by atoms with Gasteiger partial charge < -0.3 is 15.1 Å². The van der Waals surface area contributed by atoms with Gasteiger partial charge in [-0.3, -0.25) is 14.7 Å². The van der Waals surface area contributed by atoms with E-state index in [1.807, 2.05) is 12.0 Å². The van der Waals surface area contributed by atoms with Crippen molar-refractivity contribution in [2.24, 2.45) is 0 Å². The molecule has 1 atom stereocenters. The number of nitrogens with one attached hydrogen (secondary N) is 1. The molecular formula is C21H34N4O6S. The number of hydrogen-bond acceptors (Lipinski definition) is 8. The number of unbranched alkanes of at least 4 members (excludes halogenated alkanes) is 1. The van der Waals surface area contributed by atoms with E-state index in [1.54, 1.807) is 24.5 Å². The summed E-state index contributed by atoms with van der Waals surface area (Å²) in [6.45, 7) is 5.10. The van der Waals surface area contributed by atoms with E-state index in [4.69, 9.17) is 4.84 Å². The molecule has 0 bridgehead atoms. The number of aliphatic hydroxyl groups is 1. The van der Waals surface area contributed by atoms with Crippen LogP contribution < -0.4 is 9.56 Å². The topological polar surface area (TPSA) is 132 Å². The summed E-state index contributed by atoms with van der Waals surface area (Å²) in [5, 5.41) is 20.7. The lowest BCUT2D eigenvalue weighted by Gasteiger charge is -2.44. The van der Waals surface area contributed by atoms with Crippen molar-refractivity contribution in [3.63, 3.8) is 0 Å². The van der Waals surface area contributed by atoms with Crippen molar-refractivity contribution in [1.82, 2.24) is 19.7 Å². The van der Waals surface area contributed by atoms with Crippen LogP contribution in [0.1, 0.15) is 45.4 Å². The number of carboxylic acids is 1. The first-order chi connectivity index (χ1) is 15.2. The normalized spacial score (nSPS) is 26.5. The van der Waals surface area contributed by atoms with Crippen LogP contribution >= 0.6 is 0 Å². The van der Waals surface area contributed by atoms with Gasteiger partial charge in [-0.1, -0.05) is 13.3 Å². The number of pyridine rings is 1. The van der Waals surface area contributed by atoms with Crippen LogP contribution in [0, 0.1) is 0 Å². The van der Waals surface area contributed by atoms with Crippen LogP contribution in [0.2, 0.25) is 0 Å². The fourth-order valence-electron chi connectivity index (χ4n) is 4.56. The molecule has 2 heterocycles. The Morgan fingerprint density at radius 1 is 1.25 bits per heavy atom. The lowest BCUT2D eigenvalue weighted by Crippen LogP contribution is -2.59. The molecule has 11 heteroatoms. The molecule has 0 radical (unpaired) electrons. The number of nitrogens with zero attached hydrogens (tertiary/aromatic N) is 3. The molecule has 32 heavy (non-hydrogen) atoms. The van der Waals surface area contributed by atoms with Crippen molar-refractivity contribution in [2.45, 2.75) is 62.3 Å². The Hall–Kier alpha value is -1.79. The van der Waals surface area contributed by atoms with Crippen LogP contribution in [-0.4, -0.2) is 89.2 Å². The number of carboxylic acid groups (broad SMARTS) is 1. The Labute approximate surface area is 189 Å². The van der Waals surface area contributed by atoms with Gasteiger partial charge in [0.2, 0.25) is 15.3 Å². The summed E-state index contributed by atoms with van der Waals surface area (Å²) in [7, 11) is -4.17. The predicted octanol–water partition coefficient (Wildman–Crippen LogP) is 0.839. The van der Waals surface area contributed by atoms with Gasteiger partial charge >= 0.3 is 5.97 Å². The standard InChI is InChI=1S/C21H34N4O6S/c1-2-3-10-23-32(29,30)19(20(26)27)21(28)8-4-17(5-9-21)24-13-15-25(16-14-24)31-18-6-11-22-12-7-18/h6-7,11-12,17,19,23,28H,2-5,8-10,13-16H2,1H3,(H,26,27). The van der Waals surface area contributed by atoms with Crippen molar-refractivity contribution >= 4 is 16.0 Å². The van der Waals surface area contributed by atoms with Crippen LogP contribution in [0.15, 0.2) is 24.5 Å². The van der Waals surface area contributed by atoms with Crippen molar-refractivity contribution in [3.05, 3.63) is 24.5 Å². The van der Waals surface area contributed by atoms with E-state index in [0.717, 1.165) is 38.3 Å². The predicted molar refractivity (Wildman–Crippen MR) is 118 cm³/mol. The van der Waals surface area contributed by atoms with Crippen LogP contribution in [0.4, 0.5) is 0 Å². The summed E-state index contributed by atoms with van der Waals surface area (Å²) in [6.07, 6.45) is 6.13. The van der Waals surface area contributed by atoms with Gasteiger partial charge in [0.1, 0.15) is 0 Å². The first-order valence-corrected chi connectivity index (χ1v) is 12.8. The molecule has 0 amide bonds. The van der Waals surface area contributed by atoms with Crippen molar-refractivity contribution < 1.29 is 28.3 Å². The quantitative estimate of drug-likeness (QED) is 0.426. The van der Waals surface area contributed by atoms with Gasteiger partial charge in [-0.15, -0.1) is 5.06 Å². The van der Waals surface area contributed by atoms with Gasteiger partial charge in [0.05, 0.1) is 5.60 Å². The van der Waals surface area contributed by atoms with Gasteiger partial charge in [0, 0.05) is 63.3 Å². The Kier molecular flexibility index (Phi) is 8.45. The number of sulfonamides is 1. The lowest BCUT2D eigenvalue weighted by atomic mass is 9.79. The monoisotopic (exact) mass is 470 g/mol. The summed E-state index contributed by atoms with van der Waals surface area (Å²) < 4.78 is 27.6. The van der Waals surface area contributed by atoms with Gasteiger partial charge in [0.25, 0.3) is 0 Å². The van der Waals surface area contributed by atoms with E-state index in [0.29, 0.717) is 19.3 Å². The van der Waals surface area contributed by atoms with Gasteiger partial charge in [-0.05, 0) is 32.1 Å². The molecule has 1 aromatic rings. The Balaban J connectivity index is 1.53. The number of rotatable bonds is 10. The average molecular weight is 471 g/mol. The molecule has 3 rings (SSSR count). The maximum atomic E-state index is 12.6. The van der Waals surface area contributed by atoms with E-state index in [9.17, 15) is 23.4 Å². The maximum Gasteiger partial charge on any atom is 0.326 e. The second kappa shape index (κ2) is 10.9. The van der Waals surface area contributed by atoms with Crippen molar-refractivity contribution in [2.75, 3.05) is 32.7 Å². The highest BCUT2D eigenvalue weighted by molar-refractivity contribution is 7.91. The summed E-state index contributed by atoms with van der Waals surface area (Å²) >= 11 is 0. The van der Waals surface area contributed by atoms with E-state index in [-0.39, 0.29) is 25.4 Å². The van der Waals surface area contributed by atoms with E-state index in [1.165, 1.54) is 0 Å². The molecular weight excluding hydrogens is 436 g/mol. The Morgan fingerprint density at radius 2 is 1.88 bits per heavy atom. The third-order valence-electron chi connectivity index (χ3n) is 6.35. The molecule has 1 saturated carbocycles. The smallest absolute Gasteiger partial charge is 0.326 e. The molecule has 0 spiro atoms.